The van der Waals surface area contributed by atoms with Gasteiger partial charge in [0, 0.05) is 24.8 Å². The fourth-order valence-electron chi connectivity index (χ4n) is 3.53. The average molecular weight is 361 g/mol. The molecule has 0 unspecified atom stereocenters. The Morgan fingerprint density at radius 3 is 2.85 bits per heavy atom. The zero-order valence-electron chi connectivity index (χ0n) is 14.4. The van der Waals surface area contributed by atoms with Crippen molar-refractivity contribution in [1.82, 2.24) is 25.3 Å². The van der Waals surface area contributed by atoms with Crippen molar-refractivity contribution >= 4 is 28.4 Å². The van der Waals surface area contributed by atoms with E-state index in [0.717, 1.165) is 25.5 Å². The number of nitrogens with one attached hydrogen (secondary N) is 2. The first-order valence-electron chi connectivity index (χ1n) is 8.67. The van der Waals surface area contributed by atoms with Gasteiger partial charge in [-0.2, -0.15) is 4.39 Å². The summed E-state index contributed by atoms with van der Waals surface area (Å²) in [5, 5.41) is 6.44. The normalized spacial score (nSPS) is 17.3. The molecule has 2 N–H and O–H groups in total. The number of halogens is 1. The molecular formula is C19H16FN7. The third kappa shape index (κ3) is 2.64. The second kappa shape index (κ2) is 5.86. The van der Waals surface area contributed by atoms with E-state index >= 15 is 0 Å². The number of fused-ring (bicyclic) bond motifs is 1. The van der Waals surface area contributed by atoms with Crippen molar-refractivity contribution < 1.29 is 4.39 Å². The molecule has 8 heteroatoms. The molecule has 1 spiro atoms. The zero-order valence-corrected chi connectivity index (χ0v) is 14.4. The lowest BCUT2D eigenvalue weighted by Gasteiger charge is -2.56. The van der Waals surface area contributed by atoms with Gasteiger partial charge in [0.1, 0.15) is 17.7 Å². The summed E-state index contributed by atoms with van der Waals surface area (Å²) >= 11 is 0. The van der Waals surface area contributed by atoms with Crippen LogP contribution >= 0.6 is 0 Å². The number of rotatable bonds is 3. The van der Waals surface area contributed by atoms with Gasteiger partial charge in [-0.15, -0.1) is 6.42 Å². The molecule has 2 fully saturated rings. The van der Waals surface area contributed by atoms with Gasteiger partial charge < -0.3 is 15.5 Å². The van der Waals surface area contributed by atoms with Crippen LogP contribution in [-0.4, -0.2) is 45.1 Å². The van der Waals surface area contributed by atoms with E-state index in [1.807, 2.05) is 12.1 Å². The van der Waals surface area contributed by atoms with Crippen LogP contribution < -0.4 is 15.5 Å². The Morgan fingerprint density at radius 1 is 1.26 bits per heavy atom. The highest BCUT2D eigenvalue weighted by atomic mass is 19.1. The number of terminal acetylenes is 1. The van der Waals surface area contributed by atoms with Crippen molar-refractivity contribution in [2.75, 3.05) is 29.9 Å². The first-order valence-corrected chi connectivity index (χ1v) is 8.67. The van der Waals surface area contributed by atoms with Gasteiger partial charge in [0.2, 0.25) is 5.95 Å². The maximum atomic E-state index is 14.1. The maximum Gasteiger partial charge on any atom is 0.236 e. The van der Waals surface area contributed by atoms with Crippen molar-refractivity contribution in [3.8, 4) is 12.3 Å². The van der Waals surface area contributed by atoms with Gasteiger partial charge in [0.05, 0.1) is 16.7 Å². The molecule has 0 aromatic carbocycles. The van der Waals surface area contributed by atoms with Crippen molar-refractivity contribution in [1.29, 1.82) is 0 Å². The molecule has 5 rings (SSSR count). The van der Waals surface area contributed by atoms with E-state index in [4.69, 9.17) is 11.4 Å². The van der Waals surface area contributed by atoms with Crippen LogP contribution in [0.1, 0.15) is 12.0 Å². The molecule has 3 aromatic heterocycles. The van der Waals surface area contributed by atoms with Crippen LogP contribution in [0.15, 0.2) is 30.7 Å². The third-order valence-electron chi connectivity index (χ3n) is 5.14. The first kappa shape index (κ1) is 15.9. The number of hydrogen-bond acceptors (Lipinski definition) is 7. The molecule has 134 valence electrons. The summed E-state index contributed by atoms with van der Waals surface area (Å²) in [5.74, 6) is 3.06. The minimum absolute atomic E-state index is 0.152. The highest BCUT2D eigenvalue weighted by molar-refractivity contribution is 5.88. The van der Waals surface area contributed by atoms with E-state index in [-0.39, 0.29) is 11.2 Å². The molecule has 2 aliphatic heterocycles. The lowest BCUT2D eigenvalue weighted by Crippen LogP contribution is -2.76. The Labute approximate surface area is 155 Å². The summed E-state index contributed by atoms with van der Waals surface area (Å²) in [4.78, 5) is 19.1. The van der Waals surface area contributed by atoms with Crippen LogP contribution in [0, 0.1) is 18.3 Å². The number of anilines is 3. The van der Waals surface area contributed by atoms with Crippen LogP contribution in [0.2, 0.25) is 0 Å². The predicted octanol–water partition coefficient (Wildman–Crippen LogP) is 1.84. The third-order valence-corrected chi connectivity index (χ3v) is 5.14. The summed E-state index contributed by atoms with van der Waals surface area (Å²) in [6.07, 6.45) is 9.30. The van der Waals surface area contributed by atoms with Gasteiger partial charge in [-0.1, -0.05) is 5.92 Å². The molecule has 7 nitrogen and oxygen atoms in total. The van der Waals surface area contributed by atoms with E-state index in [1.165, 1.54) is 25.0 Å². The quantitative estimate of drug-likeness (QED) is 0.544. The number of aromatic nitrogens is 4. The monoisotopic (exact) mass is 361 g/mol. The van der Waals surface area contributed by atoms with E-state index in [0.29, 0.717) is 22.4 Å². The lowest BCUT2D eigenvalue weighted by atomic mass is 9.80. The SMILES string of the molecule is C#Cc1cnc(F)c(Nc2ncnc3ccc(N4CC5(CCN5)C4)nc23)c1. The number of pyridine rings is 2. The molecule has 3 aromatic rings. The van der Waals surface area contributed by atoms with Gasteiger partial charge in [-0.3, -0.25) is 0 Å². The second-order valence-electron chi connectivity index (χ2n) is 6.90. The van der Waals surface area contributed by atoms with Crippen LogP contribution in [0.25, 0.3) is 11.0 Å². The first-order chi connectivity index (χ1) is 13.2. The lowest BCUT2D eigenvalue weighted by molar-refractivity contribution is 0.159. The Kier molecular flexibility index (Phi) is 3.45. The molecule has 0 amide bonds. The highest BCUT2D eigenvalue weighted by Crippen LogP contribution is 2.34. The smallest absolute Gasteiger partial charge is 0.236 e. The average Bonchev–Trinajstić information content (AvgIpc) is 2.61. The molecule has 2 aliphatic rings. The van der Waals surface area contributed by atoms with Gasteiger partial charge in [0.15, 0.2) is 5.82 Å². The van der Waals surface area contributed by atoms with Crippen LogP contribution in [0.5, 0.6) is 0 Å². The van der Waals surface area contributed by atoms with Gasteiger partial charge in [-0.25, -0.2) is 19.9 Å². The fraction of sp³-hybridized carbons (Fsp3) is 0.263. The number of hydrogen-bond donors (Lipinski definition) is 2. The van der Waals surface area contributed by atoms with E-state index in [1.54, 1.807) is 0 Å². The summed E-state index contributed by atoms with van der Waals surface area (Å²) in [5.41, 5.74) is 2.14. The molecule has 0 bridgehead atoms. The minimum atomic E-state index is -0.655. The summed E-state index contributed by atoms with van der Waals surface area (Å²) < 4.78 is 14.1. The van der Waals surface area contributed by atoms with E-state index in [9.17, 15) is 4.39 Å². The molecule has 0 aliphatic carbocycles. The summed E-state index contributed by atoms with van der Waals surface area (Å²) in [7, 11) is 0. The Bertz CT molecular complexity index is 1080. The van der Waals surface area contributed by atoms with E-state index in [2.05, 4.69) is 36.4 Å². The van der Waals surface area contributed by atoms with Crippen molar-refractivity contribution in [2.24, 2.45) is 0 Å². The molecule has 0 saturated carbocycles. The maximum absolute atomic E-state index is 14.1. The molecule has 5 heterocycles. The van der Waals surface area contributed by atoms with Gasteiger partial charge in [0.25, 0.3) is 0 Å². The Hall–Kier alpha value is -3.31. The van der Waals surface area contributed by atoms with Crippen LogP contribution in [-0.2, 0) is 0 Å². The molecule has 0 radical (unpaired) electrons. The molecule has 27 heavy (non-hydrogen) atoms. The Morgan fingerprint density at radius 2 is 2.11 bits per heavy atom. The summed E-state index contributed by atoms with van der Waals surface area (Å²) in [6.45, 7) is 2.95. The standard InChI is InChI=1S/C19H16FN7/c1-2-12-7-14(17(20)21-8-12)25-18-16-13(22-11-23-18)3-4-15(26-16)27-9-19(10-27)5-6-24-19/h1,3-4,7-8,11,24H,5-6,9-10H2,(H,22,23,25). The Balaban J connectivity index is 1.49. The zero-order chi connectivity index (χ0) is 18.4. The van der Waals surface area contributed by atoms with Crippen LogP contribution in [0.4, 0.5) is 21.7 Å². The fourth-order valence-corrected chi connectivity index (χ4v) is 3.53. The minimum Gasteiger partial charge on any atom is -0.353 e. The summed E-state index contributed by atoms with van der Waals surface area (Å²) in [6, 6.07) is 5.36. The van der Waals surface area contributed by atoms with Gasteiger partial charge >= 0.3 is 0 Å². The largest absolute Gasteiger partial charge is 0.353 e. The molecule has 2 saturated heterocycles. The van der Waals surface area contributed by atoms with Crippen molar-refractivity contribution in [3.05, 3.63) is 42.2 Å². The predicted molar refractivity (Wildman–Crippen MR) is 100 cm³/mol. The number of nitrogens with zero attached hydrogens (tertiary/aromatic N) is 5. The second-order valence-corrected chi connectivity index (χ2v) is 6.90. The van der Waals surface area contributed by atoms with Crippen molar-refractivity contribution in [3.63, 3.8) is 0 Å². The van der Waals surface area contributed by atoms with Crippen LogP contribution in [0.3, 0.4) is 0 Å². The van der Waals surface area contributed by atoms with Crippen molar-refractivity contribution in [2.45, 2.75) is 12.0 Å². The molecule has 0 atom stereocenters. The van der Waals surface area contributed by atoms with E-state index < -0.39 is 5.95 Å². The molecular weight excluding hydrogens is 345 g/mol. The van der Waals surface area contributed by atoms with Gasteiger partial charge in [-0.05, 0) is 31.2 Å². The topological polar surface area (TPSA) is 78.9 Å². The highest BCUT2D eigenvalue weighted by Gasteiger charge is 2.47.